The van der Waals surface area contributed by atoms with E-state index in [1.807, 2.05) is 30.7 Å². The minimum Gasteiger partial charge on any atom is -0.345 e. The molecule has 2 aromatic rings. The Kier molecular flexibility index (Phi) is 2.65. The van der Waals surface area contributed by atoms with E-state index in [-0.39, 0.29) is 0 Å². The molecule has 16 heavy (non-hydrogen) atoms. The van der Waals surface area contributed by atoms with Gasteiger partial charge in [0, 0.05) is 18.3 Å². The molecule has 82 valence electrons. The number of hydrogen-bond donors (Lipinski definition) is 0. The number of aromatic nitrogens is 1. The number of carbonyl (C=O) groups excluding carboxylic acids is 1. The number of aldehydes is 1. The van der Waals surface area contributed by atoms with Gasteiger partial charge in [-0.1, -0.05) is 24.3 Å². The zero-order valence-corrected chi connectivity index (χ0v) is 9.82. The van der Waals surface area contributed by atoms with E-state index in [0.29, 0.717) is 0 Å². The Balaban J connectivity index is 2.69. The van der Waals surface area contributed by atoms with Crippen LogP contribution in [-0.4, -0.2) is 10.9 Å². The zero-order valence-electron chi connectivity index (χ0n) is 9.82. The summed E-state index contributed by atoms with van der Waals surface area (Å²) in [5.74, 6) is 0. The molecule has 0 N–H and O–H groups in total. The van der Waals surface area contributed by atoms with Crippen molar-refractivity contribution in [3.8, 4) is 11.1 Å². The van der Waals surface area contributed by atoms with Gasteiger partial charge in [0.25, 0.3) is 0 Å². The van der Waals surface area contributed by atoms with Crippen molar-refractivity contribution < 1.29 is 4.79 Å². The van der Waals surface area contributed by atoms with Crippen molar-refractivity contribution in [2.45, 2.75) is 13.8 Å². The predicted molar refractivity (Wildman–Crippen MR) is 65.7 cm³/mol. The minimum absolute atomic E-state index is 0.742. The van der Waals surface area contributed by atoms with Crippen LogP contribution in [0, 0.1) is 13.8 Å². The van der Waals surface area contributed by atoms with Crippen molar-refractivity contribution in [3.05, 3.63) is 47.3 Å². The molecule has 2 rings (SSSR count). The molecule has 0 amide bonds. The Labute approximate surface area is 95.5 Å². The smallest absolute Gasteiger partial charge is 0.167 e. The molecule has 0 saturated heterocycles. The summed E-state index contributed by atoms with van der Waals surface area (Å²) in [6, 6.07) is 10.2. The summed E-state index contributed by atoms with van der Waals surface area (Å²) < 4.78 is 1.93. The SMILES string of the molecule is Cc1ccccc1-c1cc(C)n(C)c1C=O. The molecule has 2 heteroatoms. The largest absolute Gasteiger partial charge is 0.345 e. The first kappa shape index (κ1) is 10.7. The molecule has 1 aromatic heterocycles. The fourth-order valence-corrected chi connectivity index (χ4v) is 1.98. The first-order valence-electron chi connectivity index (χ1n) is 5.32. The Morgan fingerprint density at radius 1 is 1.12 bits per heavy atom. The van der Waals surface area contributed by atoms with Crippen LogP contribution in [0.2, 0.25) is 0 Å². The van der Waals surface area contributed by atoms with Crippen LogP contribution in [0.5, 0.6) is 0 Å². The fourth-order valence-electron chi connectivity index (χ4n) is 1.98. The fraction of sp³-hybridized carbons (Fsp3) is 0.214. The summed E-state index contributed by atoms with van der Waals surface area (Å²) >= 11 is 0. The maximum Gasteiger partial charge on any atom is 0.167 e. The van der Waals surface area contributed by atoms with Gasteiger partial charge in [0.05, 0.1) is 5.69 Å². The van der Waals surface area contributed by atoms with Crippen LogP contribution in [0.25, 0.3) is 11.1 Å². The van der Waals surface area contributed by atoms with Crippen molar-refractivity contribution in [2.75, 3.05) is 0 Å². The first-order chi connectivity index (χ1) is 7.65. The van der Waals surface area contributed by atoms with Gasteiger partial charge < -0.3 is 4.57 Å². The van der Waals surface area contributed by atoms with E-state index < -0.39 is 0 Å². The van der Waals surface area contributed by atoms with E-state index in [4.69, 9.17) is 0 Å². The summed E-state index contributed by atoms with van der Waals surface area (Å²) in [5.41, 5.74) is 5.18. The number of carbonyl (C=O) groups is 1. The van der Waals surface area contributed by atoms with Gasteiger partial charge in [-0.05, 0) is 31.0 Å². The quantitative estimate of drug-likeness (QED) is 0.702. The lowest BCUT2D eigenvalue weighted by atomic mass is 10.0. The second-order valence-electron chi connectivity index (χ2n) is 4.08. The van der Waals surface area contributed by atoms with Crippen molar-refractivity contribution in [3.63, 3.8) is 0 Å². The number of aryl methyl sites for hydroxylation is 2. The molecule has 1 aromatic carbocycles. The van der Waals surface area contributed by atoms with Gasteiger partial charge in [-0.3, -0.25) is 4.79 Å². The van der Waals surface area contributed by atoms with E-state index in [0.717, 1.165) is 28.8 Å². The lowest BCUT2D eigenvalue weighted by molar-refractivity contribution is 0.111. The highest BCUT2D eigenvalue weighted by Crippen LogP contribution is 2.28. The van der Waals surface area contributed by atoms with Crippen LogP contribution < -0.4 is 0 Å². The van der Waals surface area contributed by atoms with Crippen LogP contribution in [0.15, 0.2) is 30.3 Å². The molecule has 1 heterocycles. The molecule has 0 aliphatic heterocycles. The van der Waals surface area contributed by atoms with Gasteiger partial charge in [0.1, 0.15) is 0 Å². The topological polar surface area (TPSA) is 22.0 Å². The molecule has 0 saturated carbocycles. The molecule has 2 nitrogen and oxygen atoms in total. The second kappa shape index (κ2) is 3.97. The molecule has 0 spiro atoms. The molecule has 0 aliphatic rings. The highest BCUT2D eigenvalue weighted by molar-refractivity contribution is 5.87. The average molecular weight is 213 g/mol. The summed E-state index contributed by atoms with van der Waals surface area (Å²) in [7, 11) is 1.92. The highest BCUT2D eigenvalue weighted by atomic mass is 16.1. The summed E-state index contributed by atoms with van der Waals surface area (Å²) in [6.07, 6.45) is 0.925. The van der Waals surface area contributed by atoms with Crippen LogP contribution in [-0.2, 0) is 7.05 Å². The Bertz CT molecular complexity index is 538. The summed E-state index contributed by atoms with van der Waals surface area (Å²) in [5, 5.41) is 0. The summed E-state index contributed by atoms with van der Waals surface area (Å²) in [4.78, 5) is 11.1. The van der Waals surface area contributed by atoms with Gasteiger partial charge in [0.15, 0.2) is 6.29 Å². The number of benzene rings is 1. The number of rotatable bonds is 2. The van der Waals surface area contributed by atoms with Crippen LogP contribution in [0.3, 0.4) is 0 Å². The third kappa shape index (κ3) is 1.56. The molecule has 0 unspecified atom stereocenters. The van der Waals surface area contributed by atoms with Gasteiger partial charge in [0.2, 0.25) is 0 Å². The molecular weight excluding hydrogens is 198 g/mol. The van der Waals surface area contributed by atoms with Gasteiger partial charge in [-0.2, -0.15) is 0 Å². The average Bonchev–Trinajstić information content (AvgIpc) is 2.56. The molecule has 0 fully saturated rings. The van der Waals surface area contributed by atoms with Crippen LogP contribution in [0.1, 0.15) is 21.7 Å². The van der Waals surface area contributed by atoms with Gasteiger partial charge in [-0.15, -0.1) is 0 Å². The Hall–Kier alpha value is -1.83. The third-order valence-corrected chi connectivity index (χ3v) is 3.07. The van der Waals surface area contributed by atoms with E-state index in [9.17, 15) is 4.79 Å². The van der Waals surface area contributed by atoms with E-state index in [2.05, 4.69) is 25.1 Å². The van der Waals surface area contributed by atoms with Gasteiger partial charge >= 0.3 is 0 Å². The van der Waals surface area contributed by atoms with Crippen LogP contribution in [0.4, 0.5) is 0 Å². The first-order valence-corrected chi connectivity index (χ1v) is 5.32. The van der Waals surface area contributed by atoms with E-state index in [1.165, 1.54) is 5.56 Å². The monoisotopic (exact) mass is 213 g/mol. The lowest BCUT2D eigenvalue weighted by Gasteiger charge is -2.05. The summed E-state index contributed by atoms with van der Waals surface area (Å²) in [6.45, 7) is 4.07. The minimum atomic E-state index is 0.742. The third-order valence-electron chi connectivity index (χ3n) is 3.07. The molecule has 0 aliphatic carbocycles. The lowest BCUT2D eigenvalue weighted by Crippen LogP contribution is -1.97. The maximum atomic E-state index is 11.1. The molecule has 0 bridgehead atoms. The zero-order chi connectivity index (χ0) is 11.7. The van der Waals surface area contributed by atoms with Crippen LogP contribution >= 0.6 is 0 Å². The second-order valence-corrected chi connectivity index (χ2v) is 4.08. The highest BCUT2D eigenvalue weighted by Gasteiger charge is 2.12. The van der Waals surface area contributed by atoms with E-state index in [1.54, 1.807) is 0 Å². The van der Waals surface area contributed by atoms with E-state index >= 15 is 0 Å². The maximum absolute atomic E-state index is 11.1. The molecule has 0 radical (unpaired) electrons. The predicted octanol–water partition coefficient (Wildman–Crippen LogP) is 3.12. The normalized spacial score (nSPS) is 10.4. The molecular formula is C14H15NO. The van der Waals surface area contributed by atoms with Gasteiger partial charge in [-0.25, -0.2) is 0 Å². The van der Waals surface area contributed by atoms with Crippen molar-refractivity contribution in [1.82, 2.24) is 4.57 Å². The van der Waals surface area contributed by atoms with Crippen molar-refractivity contribution in [2.24, 2.45) is 7.05 Å². The van der Waals surface area contributed by atoms with Crippen molar-refractivity contribution in [1.29, 1.82) is 0 Å². The number of nitrogens with zero attached hydrogens (tertiary/aromatic N) is 1. The molecule has 0 atom stereocenters. The standard InChI is InChI=1S/C14H15NO/c1-10-6-4-5-7-12(10)13-8-11(2)15(3)14(13)9-16/h4-9H,1-3H3. The number of hydrogen-bond acceptors (Lipinski definition) is 1. The Morgan fingerprint density at radius 2 is 1.81 bits per heavy atom. The van der Waals surface area contributed by atoms with Crippen molar-refractivity contribution >= 4 is 6.29 Å². The Morgan fingerprint density at radius 3 is 2.44 bits per heavy atom.